The zero-order valence-corrected chi connectivity index (χ0v) is 13.7. The highest BCUT2D eigenvalue weighted by molar-refractivity contribution is 9.10. The summed E-state index contributed by atoms with van der Waals surface area (Å²) in [5.41, 5.74) is 7.35. The quantitative estimate of drug-likeness (QED) is 0.754. The molecule has 0 spiro atoms. The maximum absolute atomic E-state index is 6.23. The van der Waals surface area contributed by atoms with Gasteiger partial charge in [0.15, 0.2) is 0 Å². The third-order valence-corrected chi connectivity index (χ3v) is 5.49. The molecule has 100 valence electrons. The lowest BCUT2D eigenvalue weighted by Crippen LogP contribution is -2.22. The Hall–Kier alpha value is -0.480. The van der Waals surface area contributed by atoms with Crippen LogP contribution in [0.1, 0.15) is 17.7 Å². The van der Waals surface area contributed by atoms with E-state index < -0.39 is 0 Å². The molecule has 2 unspecified atom stereocenters. The number of hydrogen-bond acceptors (Lipinski definition) is 2. The van der Waals surface area contributed by atoms with Gasteiger partial charge in [-0.05, 0) is 30.7 Å². The molecule has 0 bridgehead atoms. The zero-order valence-electron chi connectivity index (χ0n) is 10.5. The van der Waals surface area contributed by atoms with Crippen molar-refractivity contribution in [1.29, 1.82) is 0 Å². The maximum atomic E-state index is 6.23. The lowest BCUT2D eigenvalue weighted by Gasteiger charge is -2.22. The molecule has 0 aliphatic rings. The van der Waals surface area contributed by atoms with Crippen LogP contribution in [0.15, 0.2) is 57.9 Å². The molecule has 0 saturated heterocycles. The van der Waals surface area contributed by atoms with Crippen molar-refractivity contribution in [3.8, 4) is 0 Å². The van der Waals surface area contributed by atoms with Gasteiger partial charge in [-0.25, -0.2) is 0 Å². The molecule has 0 radical (unpaired) electrons. The van der Waals surface area contributed by atoms with E-state index >= 15 is 0 Å². The summed E-state index contributed by atoms with van der Waals surface area (Å²) >= 11 is 11.5. The predicted molar refractivity (Wildman–Crippen MR) is 87.8 cm³/mol. The first-order valence-corrected chi connectivity index (χ1v) is 8.06. The fourth-order valence-corrected chi connectivity index (χ4v) is 3.95. The van der Waals surface area contributed by atoms with Crippen LogP contribution in [0, 0.1) is 0 Å². The maximum Gasteiger partial charge on any atom is 0.0542 e. The number of thioether (sulfide) groups is 1. The minimum atomic E-state index is 0.0278. The molecule has 2 aromatic carbocycles. The van der Waals surface area contributed by atoms with Crippen LogP contribution in [0.2, 0.25) is 5.02 Å². The van der Waals surface area contributed by atoms with E-state index in [0.29, 0.717) is 0 Å². The monoisotopic (exact) mass is 355 g/mol. The average molecular weight is 357 g/mol. The molecular formula is C15H15BrClNS. The molecule has 2 aromatic rings. The van der Waals surface area contributed by atoms with Crippen molar-refractivity contribution in [2.75, 3.05) is 0 Å². The van der Waals surface area contributed by atoms with Gasteiger partial charge in [0, 0.05) is 15.4 Å². The molecule has 4 heteroatoms. The Labute approximate surface area is 131 Å². The van der Waals surface area contributed by atoms with Crippen molar-refractivity contribution in [1.82, 2.24) is 0 Å². The average Bonchev–Trinajstić information content (AvgIpc) is 2.38. The highest BCUT2D eigenvalue weighted by Gasteiger charge is 2.20. The SMILES string of the molecule is CC(N)C(Sc1ccccc1Cl)c1ccccc1Br. The smallest absolute Gasteiger partial charge is 0.0542 e. The largest absolute Gasteiger partial charge is 0.327 e. The Balaban J connectivity index is 2.33. The van der Waals surface area contributed by atoms with Gasteiger partial charge in [0.1, 0.15) is 0 Å². The number of rotatable bonds is 4. The molecule has 2 rings (SSSR count). The fourth-order valence-electron chi connectivity index (χ4n) is 1.84. The van der Waals surface area contributed by atoms with Gasteiger partial charge in [-0.15, -0.1) is 11.8 Å². The van der Waals surface area contributed by atoms with Gasteiger partial charge >= 0.3 is 0 Å². The van der Waals surface area contributed by atoms with Gasteiger partial charge in [0.05, 0.1) is 10.3 Å². The summed E-state index contributed by atoms with van der Waals surface area (Å²) in [6.07, 6.45) is 0. The van der Waals surface area contributed by atoms with Gasteiger partial charge in [-0.1, -0.05) is 57.9 Å². The second kappa shape index (κ2) is 6.80. The van der Waals surface area contributed by atoms with Crippen LogP contribution in [0.4, 0.5) is 0 Å². The van der Waals surface area contributed by atoms with E-state index in [4.69, 9.17) is 17.3 Å². The molecule has 0 saturated carbocycles. The van der Waals surface area contributed by atoms with Gasteiger partial charge < -0.3 is 5.73 Å². The molecule has 2 atom stereocenters. The Kier molecular flexibility index (Phi) is 5.34. The van der Waals surface area contributed by atoms with Crippen LogP contribution in [0.5, 0.6) is 0 Å². The standard InChI is InChI=1S/C15H15BrClNS/c1-10(18)15(11-6-2-3-7-12(11)16)19-14-9-5-4-8-13(14)17/h2-10,15H,18H2,1H3. The van der Waals surface area contributed by atoms with Crippen molar-refractivity contribution in [3.05, 3.63) is 63.6 Å². The number of halogens is 2. The van der Waals surface area contributed by atoms with Crippen molar-refractivity contribution >= 4 is 39.3 Å². The molecule has 2 N–H and O–H groups in total. The van der Waals surface area contributed by atoms with Gasteiger partial charge in [0.2, 0.25) is 0 Å². The van der Waals surface area contributed by atoms with E-state index in [1.807, 2.05) is 49.4 Å². The molecule has 0 aliphatic heterocycles. The third kappa shape index (κ3) is 3.76. The van der Waals surface area contributed by atoms with Crippen LogP contribution < -0.4 is 5.73 Å². The van der Waals surface area contributed by atoms with Crippen LogP contribution in [0.25, 0.3) is 0 Å². The van der Waals surface area contributed by atoms with Crippen molar-refractivity contribution in [2.45, 2.75) is 23.1 Å². The lowest BCUT2D eigenvalue weighted by molar-refractivity contribution is 0.719. The number of hydrogen-bond donors (Lipinski definition) is 1. The fraction of sp³-hybridized carbons (Fsp3) is 0.200. The molecule has 0 amide bonds. The van der Waals surface area contributed by atoms with Crippen LogP contribution >= 0.6 is 39.3 Å². The highest BCUT2D eigenvalue weighted by atomic mass is 79.9. The molecule has 0 aliphatic carbocycles. The van der Waals surface area contributed by atoms with E-state index in [0.717, 1.165) is 14.4 Å². The van der Waals surface area contributed by atoms with E-state index in [-0.39, 0.29) is 11.3 Å². The van der Waals surface area contributed by atoms with Crippen LogP contribution in [-0.4, -0.2) is 6.04 Å². The number of benzene rings is 2. The third-order valence-electron chi connectivity index (χ3n) is 2.78. The minimum absolute atomic E-state index is 0.0278. The van der Waals surface area contributed by atoms with Gasteiger partial charge in [0.25, 0.3) is 0 Å². The molecule has 0 aromatic heterocycles. The lowest BCUT2D eigenvalue weighted by atomic mass is 10.1. The van der Waals surface area contributed by atoms with E-state index in [1.165, 1.54) is 5.56 Å². The first-order chi connectivity index (χ1) is 9.09. The molecule has 0 heterocycles. The summed E-state index contributed by atoms with van der Waals surface area (Å²) in [4.78, 5) is 1.06. The van der Waals surface area contributed by atoms with E-state index in [1.54, 1.807) is 11.8 Å². The summed E-state index contributed by atoms with van der Waals surface area (Å²) < 4.78 is 1.08. The minimum Gasteiger partial charge on any atom is -0.327 e. The first kappa shape index (κ1) is 14.9. The molecule has 1 nitrogen and oxygen atoms in total. The number of nitrogens with two attached hydrogens (primary N) is 1. The van der Waals surface area contributed by atoms with Crippen molar-refractivity contribution in [3.63, 3.8) is 0 Å². The topological polar surface area (TPSA) is 26.0 Å². The Bertz CT molecular complexity index is 559. The van der Waals surface area contributed by atoms with E-state index in [9.17, 15) is 0 Å². The van der Waals surface area contributed by atoms with Gasteiger partial charge in [-0.2, -0.15) is 0 Å². The normalized spacial score (nSPS) is 14.1. The zero-order chi connectivity index (χ0) is 13.8. The van der Waals surface area contributed by atoms with Crippen molar-refractivity contribution < 1.29 is 0 Å². The Morgan fingerprint density at radius 1 is 1.11 bits per heavy atom. The first-order valence-electron chi connectivity index (χ1n) is 6.01. The molecule has 19 heavy (non-hydrogen) atoms. The van der Waals surface area contributed by atoms with Crippen LogP contribution in [0.3, 0.4) is 0 Å². The summed E-state index contributed by atoms with van der Waals surface area (Å²) in [5, 5.41) is 0.931. The van der Waals surface area contributed by atoms with E-state index in [2.05, 4.69) is 22.0 Å². The second-order valence-corrected chi connectivity index (χ2v) is 6.79. The summed E-state index contributed by atoms with van der Waals surface area (Å²) in [6.45, 7) is 2.02. The highest BCUT2D eigenvalue weighted by Crippen LogP contribution is 2.42. The second-order valence-electron chi connectivity index (χ2n) is 4.35. The summed E-state index contributed by atoms with van der Waals surface area (Å²) in [6, 6.07) is 16.1. The molecular weight excluding hydrogens is 342 g/mol. The van der Waals surface area contributed by atoms with Crippen LogP contribution in [-0.2, 0) is 0 Å². The summed E-state index contributed by atoms with van der Waals surface area (Å²) in [5.74, 6) is 0. The Morgan fingerprint density at radius 2 is 1.74 bits per heavy atom. The Morgan fingerprint density at radius 3 is 2.37 bits per heavy atom. The van der Waals surface area contributed by atoms with Crippen molar-refractivity contribution in [2.24, 2.45) is 5.73 Å². The van der Waals surface area contributed by atoms with Gasteiger partial charge in [-0.3, -0.25) is 0 Å². The summed E-state index contributed by atoms with van der Waals surface area (Å²) in [7, 11) is 0. The molecule has 0 fully saturated rings. The predicted octanol–water partition coefficient (Wildman–Crippen LogP) is 5.28.